The Bertz CT molecular complexity index is 440. The van der Waals surface area contributed by atoms with Gasteiger partial charge in [0.1, 0.15) is 23.7 Å². The molecule has 134 valence electrons. The van der Waals surface area contributed by atoms with E-state index >= 15 is 0 Å². The molecule has 2 fully saturated rings. The number of halogens is 4. The van der Waals surface area contributed by atoms with E-state index in [1.165, 1.54) is 7.05 Å². The summed E-state index contributed by atoms with van der Waals surface area (Å²) in [5, 5.41) is 23.3. The fourth-order valence-electron chi connectivity index (χ4n) is 2.44. The summed E-state index contributed by atoms with van der Waals surface area (Å²) in [4.78, 5) is 3.85. The van der Waals surface area contributed by atoms with Gasteiger partial charge in [-0.25, -0.2) is 0 Å². The Balaban J connectivity index is 2.15. The Morgan fingerprint density at radius 1 is 1.39 bits per heavy atom. The van der Waals surface area contributed by atoms with Crippen molar-refractivity contribution in [1.29, 1.82) is 0 Å². The van der Waals surface area contributed by atoms with Crippen molar-refractivity contribution >= 4 is 16.9 Å². The molecule has 0 aliphatic carbocycles. The second kappa shape index (κ2) is 7.51. The van der Waals surface area contributed by atoms with E-state index in [1.54, 1.807) is 0 Å². The first kappa shape index (κ1) is 18.7. The molecule has 2 aliphatic rings. The van der Waals surface area contributed by atoms with Gasteiger partial charge in [-0.1, -0.05) is 11.8 Å². The number of amidine groups is 1. The molecule has 0 spiro atoms. The van der Waals surface area contributed by atoms with Crippen molar-refractivity contribution < 1.29 is 37.2 Å². The van der Waals surface area contributed by atoms with Crippen molar-refractivity contribution in [3.05, 3.63) is 0 Å². The SMILES string of the molecule is CN=C1NC2C(OC(C(OCCCF)C(F)(F)F)C(O)C2O)S1. The molecule has 0 aromatic rings. The van der Waals surface area contributed by atoms with Gasteiger partial charge in [0.05, 0.1) is 19.3 Å². The van der Waals surface area contributed by atoms with Crippen LogP contribution >= 0.6 is 11.8 Å². The van der Waals surface area contributed by atoms with Crippen LogP contribution in [0.25, 0.3) is 0 Å². The summed E-state index contributed by atoms with van der Waals surface area (Å²) in [5.74, 6) is 0. The fourth-order valence-corrected chi connectivity index (χ4v) is 3.53. The molecule has 6 nitrogen and oxygen atoms in total. The highest BCUT2D eigenvalue weighted by Crippen LogP contribution is 2.38. The molecule has 6 atom stereocenters. The Hall–Kier alpha value is -0.620. The van der Waals surface area contributed by atoms with Gasteiger partial charge >= 0.3 is 6.18 Å². The molecular weight excluding hydrogens is 344 g/mol. The summed E-state index contributed by atoms with van der Waals surface area (Å²) in [7, 11) is 1.48. The van der Waals surface area contributed by atoms with Crippen LogP contribution in [0.15, 0.2) is 4.99 Å². The Morgan fingerprint density at radius 2 is 2.09 bits per heavy atom. The van der Waals surface area contributed by atoms with Crippen LogP contribution in [0.3, 0.4) is 0 Å². The van der Waals surface area contributed by atoms with Crippen LogP contribution in [0, 0.1) is 0 Å². The lowest BCUT2D eigenvalue weighted by Gasteiger charge is -2.42. The number of hydrogen-bond acceptors (Lipinski definition) is 6. The average Bonchev–Trinajstić information content (AvgIpc) is 2.90. The maximum Gasteiger partial charge on any atom is 0.417 e. The number of aliphatic imine (C=N–C) groups is 1. The van der Waals surface area contributed by atoms with E-state index in [0.29, 0.717) is 5.17 Å². The first-order valence-electron chi connectivity index (χ1n) is 6.95. The van der Waals surface area contributed by atoms with Crippen LogP contribution in [0.5, 0.6) is 0 Å². The molecule has 2 aliphatic heterocycles. The number of nitrogens with one attached hydrogen (secondary N) is 1. The molecule has 0 radical (unpaired) electrons. The smallest absolute Gasteiger partial charge is 0.388 e. The summed E-state index contributed by atoms with van der Waals surface area (Å²) in [5.41, 5.74) is -0.841. The van der Waals surface area contributed by atoms with Crippen LogP contribution in [0.2, 0.25) is 0 Å². The van der Waals surface area contributed by atoms with Crippen molar-refractivity contribution in [1.82, 2.24) is 5.32 Å². The molecule has 2 saturated heterocycles. The van der Waals surface area contributed by atoms with Crippen LogP contribution in [0.1, 0.15) is 6.42 Å². The van der Waals surface area contributed by atoms with E-state index in [2.05, 4.69) is 15.0 Å². The number of aliphatic hydroxyl groups is 2. The van der Waals surface area contributed by atoms with Crippen molar-refractivity contribution in [2.45, 2.75) is 48.5 Å². The van der Waals surface area contributed by atoms with Gasteiger partial charge in [0.15, 0.2) is 11.3 Å². The lowest BCUT2D eigenvalue weighted by Crippen LogP contribution is -2.64. The van der Waals surface area contributed by atoms with Crippen LogP contribution < -0.4 is 5.32 Å². The molecule has 6 unspecified atom stereocenters. The van der Waals surface area contributed by atoms with Gasteiger partial charge < -0.3 is 25.0 Å². The number of rotatable bonds is 5. The quantitative estimate of drug-likeness (QED) is 0.486. The van der Waals surface area contributed by atoms with Gasteiger partial charge in [0, 0.05) is 7.05 Å². The van der Waals surface area contributed by atoms with Crippen LogP contribution in [0.4, 0.5) is 17.6 Å². The normalized spacial score (nSPS) is 37.5. The number of alkyl halides is 4. The molecular formula is C12H18F4N2O4S. The zero-order valence-corrected chi connectivity index (χ0v) is 13.0. The molecule has 11 heteroatoms. The number of aliphatic hydroxyl groups excluding tert-OH is 2. The predicted molar refractivity (Wildman–Crippen MR) is 74.9 cm³/mol. The number of thioether (sulfide) groups is 1. The Labute approximate surface area is 134 Å². The number of fused-ring (bicyclic) bond motifs is 1. The fraction of sp³-hybridized carbons (Fsp3) is 0.917. The maximum absolute atomic E-state index is 13.2. The number of ether oxygens (including phenoxy) is 2. The molecule has 0 aromatic heterocycles. The topological polar surface area (TPSA) is 83.3 Å². The Morgan fingerprint density at radius 3 is 2.65 bits per heavy atom. The predicted octanol–water partition coefficient (Wildman–Crippen LogP) is 0.431. The second-order valence-electron chi connectivity index (χ2n) is 5.14. The highest BCUT2D eigenvalue weighted by atomic mass is 32.2. The lowest BCUT2D eigenvalue weighted by molar-refractivity contribution is -0.285. The second-order valence-corrected chi connectivity index (χ2v) is 6.23. The van der Waals surface area contributed by atoms with Crippen molar-refractivity contribution in [2.24, 2.45) is 4.99 Å². The summed E-state index contributed by atoms with van der Waals surface area (Å²) >= 11 is 1.02. The van der Waals surface area contributed by atoms with E-state index in [9.17, 15) is 27.8 Å². The first-order valence-corrected chi connectivity index (χ1v) is 7.83. The van der Waals surface area contributed by atoms with Crippen molar-refractivity contribution in [3.8, 4) is 0 Å². The molecule has 23 heavy (non-hydrogen) atoms. The highest BCUT2D eigenvalue weighted by molar-refractivity contribution is 8.14. The monoisotopic (exact) mass is 362 g/mol. The zero-order valence-electron chi connectivity index (χ0n) is 12.2. The summed E-state index contributed by atoms with van der Waals surface area (Å²) in [6, 6.07) is -0.773. The average molecular weight is 362 g/mol. The van der Waals surface area contributed by atoms with E-state index in [-0.39, 0.29) is 6.42 Å². The standard InChI is InChI=1S/C12H18F4N2O4S/c1-17-11-18-5-6(19)7(20)8(22-10(5)23-11)9(12(14,15)16)21-4-2-3-13/h5-10,19-20H,2-4H2,1H3,(H,17,18). The van der Waals surface area contributed by atoms with Gasteiger partial charge in [0.2, 0.25) is 0 Å². The summed E-state index contributed by atoms with van der Waals surface area (Å²) in [6.45, 7) is -1.29. The summed E-state index contributed by atoms with van der Waals surface area (Å²) < 4.78 is 61.6. The number of nitrogens with zero attached hydrogens (tertiary/aromatic N) is 1. The highest BCUT2D eigenvalue weighted by Gasteiger charge is 2.57. The van der Waals surface area contributed by atoms with Gasteiger partial charge in [0.25, 0.3) is 0 Å². The molecule has 0 aromatic carbocycles. The van der Waals surface area contributed by atoms with Gasteiger partial charge in [-0.3, -0.25) is 9.38 Å². The van der Waals surface area contributed by atoms with Crippen molar-refractivity contribution in [2.75, 3.05) is 20.3 Å². The lowest BCUT2D eigenvalue weighted by atomic mass is 9.94. The molecule has 2 heterocycles. The van der Waals surface area contributed by atoms with Crippen molar-refractivity contribution in [3.63, 3.8) is 0 Å². The minimum absolute atomic E-state index is 0.201. The molecule has 3 N–H and O–H groups in total. The number of hydrogen-bond donors (Lipinski definition) is 3. The third kappa shape index (κ3) is 4.08. The molecule has 0 saturated carbocycles. The van der Waals surface area contributed by atoms with E-state index in [1.807, 2.05) is 0 Å². The van der Waals surface area contributed by atoms with Crippen LogP contribution in [-0.2, 0) is 9.47 Å². The first-order chi connectivity index (χ1) is 10.8. The Kier molecular flexibility index (Phi) is 6.11. The minimum atomic E-state index is -4.83. The molecule has 2 rings (SSSR count). The van der Waals surface area contributed by atoms with E-state index in [4.69, 9.17) is 4.74 Å². The third-order valence-electron chi connectivity index (χ3n) is 3.56. The van der Waals surface area contributed by atoms with Gasteiger partial charge in [-0.2, -0.15) is 13.2 Å². The maximum atomic E-state index is 13.2. The van der Waals surface area contributed by atoms with E-state index in [0.717, 1.165) is 11.8 Å². The molecule has 0 bridgehead atoms. The largest absolute Gasteiger partial charge is 0.417 e. The summed E-state index contributed by atoms with van der Waals surface area (Å²) in [6.07, 6.45) is -12.6. The van der Waals surface area contributed by atoms with Gasteiger partial charge in [-0.15, -0.1) is 0 Å². The third-order valence-corrected chi connectivity index (χ3v) is 4.72. The van der Waals surface area contributed by atoms with E-state index < -0.39 is 55.4 Å². The zero-order chi connectivity index (χ0) is 17.2. The minimum Gasteiger partial charge on any atom is -0.388 e. The van der Waals surface area contributed by atoms with Crippen LogP contribution in [-0.4, -0.2) is 77.8 Å². The van der Waals surface area contributed by atoms with Gasteiger partial charge in [-0.05, 0) is 6.42 Å². The molecule has 0 amide bonds.